The number of nitrogens with one attached hydrogen (secondary N) is 1. The number of anilines is 1. The minimum atomic E-state index is 0.644. The molecule has 1 N–H and O–H groups in total. The number of nitrogens with zero attached hydrogens (tertiary/aromatic N) is 1. The summed E-state index contributed by atoms with van der Waals surface area (Å²) in [4.78, 5) is 2.43. The molecule has 1 saturated heterocycles. The molecule has 0 spiro atoms. The summed E-state index contributed by atoms with van der Waals surface area (Å²) in [5.74, 6) is 0. The van der Waals surface area contributed by atoms with Crippen molar-refractivity contribution >= 4 is 5.69 Å². The van der Waals surface area contributed by atoms with Crippen LogP contribution in [0, 0.1) is 6.92 Å². The second-order valence-electron chi connectivity index (χ2n) is 4.98. The van der Waals surface area contributed by atoms with Gasteiger partial charge in [0, 0.05) is 24.8 Å². The van der Waals surface area contributed by atoms with E-state index < -0.39 is 0 Å². The average Bonchev–Trinajstić information content (AvgIpc) is 2.28. The lowest BCUT2D eigenvalue weighted by molar-refractivity contribution is 0.371. The number of benzene rings is 1. The molecule has 0 bridgehead atoms. The van der Waals surface area contributed by atoms with Gasteiger partial charge in [-0.1, -0.05) is 12.1 Å². The van der Waals surface area contributed by atoms with Crippen molar-refractivity contribution in [1.82, 2.24) is 5.32 Å². The summed E-state index contributed by atoms with van der Waals surface area (Å²) in [6.45, 7) is 5.57. The Balaban J connectivity index is 2.09. The van der Waals surface area contributed by atoms with E-state index in [1.807, 2.05) is 0 Å². The Morgan fingerprint density at radius 3 is 2.88 bits per heavy atom. The van der Waals surface area contributed by atoms with E-state index in [1.165, 1.54) is 24.1 Å². The SMILES string of the molecule is Cc1cccc(N(C)C2CCNC(C)C2)c1. The fourth-order valence-electron chi connectivity index (χ4n) is 2.52. The molecule has 0 radical (unpaired) electrons. The molecular formula is C14H22N2. The number of hydrogen-bond donors (Lipinski definition) is 1. The maximum Gasteiger partial charge on any atom is 0.0368 e. The van der Waals surface area contributed by atoms with E-state index in [0.29, 0.717) is 12.1 Å². The zero-order valence-electron chi connectivity index (χ0n) is 10.5. The minimum absolute atomic E-state index is 0.644. The third-order valence-electron chi connectivity index (χ3n) is 3.55. The van der Waals surface area contributed by atoms with Gasteiger partial charge in [-0.2, -0.15) is 0 Å². The van der Waals surface area contributed by atoms with Crippen molar-refractivity contribution in [2.75, 3.05) is 18.5 Å². The van der Waals surface area contributed by atoms with Crippen molar-refractivity contribution in [3.05, 3.63) is 29.8 Å². The van der Waals surface area contributed by atoms with Crippen LogP contribution in [0.4, 0.5) is 5.69 Å². The lowest BCUT2D eigenvalue weighted by Gasteiger charge is -2.36. The fourth-order valence-corrected chi connectivity index (χ4v) is 2.52. The van der Waals surface area contributed by atoms with Gasteiger partial charge in [0.2, 0.25) is 0 Å². The highest BCUT2D eigenvalue weighted by Gasteiger charge is 2.21. The van der Waals surface area contributed by atoms with Gasteiger partial charge in [-0.3, -0.25) is 0 Å². The molecule has 2 heteroatoms. The Labute approximate surface area is 98.7 Å². The lowest BCUT2D eigenvalue weighted by Crippen LogP contribution is -2.45. The van der Waals surface area contributed by atoms with Crippen LogP contribution < -0.4 is 10.2 Å². The molecule has 0 amide bonds. The molecule has 2 unspecified atom stereocenters. The van der Waals surface area contributed by atoms with E-state index in [1.54, 1.807) is 0 Å². The van der Waals surface area contributed by atoms with Gasteiger partial charge in [0.25, 0.3) is 0 Å². The predicted octanol–water partition coefficient (Wildman–Crippen LogP) is 2.57. The summed E-state index contributed by atoms with van der Waals surface area (Å²) in [5.41, 5.74) is 2.69. The Bertz CT molecular complexity index is 348. The molecule has 2 nitrogen and oxygen atoms in total. The minimum Gasteiger partial charge on any atom is -0.371 e. The van der Waals surface area contributed by atoms with Gasteiger partial charge in [0.1, 0.15) is 0 Å². The van der Waals surface area contributed by atoms with Crippen molar-refractivity contribution in [2.24, 2.45) is 0 Å². The molecule has 1 heterocycles. The van der Waals surface area contributed by atoms with Crippen LogP contribution in [-0.2, 0) is 0 Å². The highest BCUT2D eigenvalue weighted by atomic mass is 15.1. The Morgan fingerprint density at radius 1 is 1.38 bits per heavy atom. The average molecular weight is 218 g/mol. The maximum atomic E-state index is 3.50. The molecule has 2 atom stereocenters. The van der Waals surface area contributed by atoms with Gasteiger partial charge in [-0.25, -0.2) is 0 Å². The Morgan fingerprint density at radius 2 is 2.19 bits per heavy atom. The lowest BCUT2D eigenvalue weighted by atomic mass is 9.99. The van der Waals surface area contributed by atoms with Crippen molar-refractivity contribution in [2.45, 2.75) is 38.8 Å². The standard InChI is InChI=1S/C14H22N2/c1-11-5-4-6-13(9-11)16(3)14-7-8-15-12(2)10-14/h4-6,9,12,14-15H,7-8,10H2,1-3H3. The molecule has 16 heavy (non-hydrogen) atoms. The zero-order chi connectivity index (χ0) is 11.5. The van der Waals surface area contributed by atoms with E-state index in [0.717, 1.165) is 6.54 Å². The van der Waals surface area contributed by atoms with Crippen LogP contribution >= 0.6 is 0 Å². The first-order valence-electron chi connectivity index (χ1n) is 6.19. The van der Waals surface area contributed by atoms with Crippen LogP contribution in [0.25, 0.3) is 0 Å². The van der Waals surface area contributed by atoms with Crippen LogP contribution in [0.2, 0.25) is 0 Å². The second-order valence-corrected chi connectivity index (χ2v) is 4.98. The Hall–Kier alpha value is -1.02. The van der Waals surface area contributed by atoms with Gasteiger partial charge < -0.3 is 10.2 Å². The molecule has 2 rings (SSSR count). The molecule has 0 saturated carbocycles. The summed E-state index contributed by atoms with van der Waals surface area (Å²) in [7, 11) is 2.22. The molecule has 88 valence electrons. The van der Waals surface area contributed by atoms with E-state index >= 15 is 0 Å². The van der Waals surface area contributed by atoms with Gasteiger partial charge in [-0.15, -0.1) is 0 Å². The molecule has 1 fully saturated rings. The van der Waals surface area contributed by atoms with Gasteiger partial charge in [0.15, 0.2) is 0 Å². The first-order valence-corrected chi connectivity index (χ1v) is 6.19. The molecule has 1 aromatic rings. The molecule has 1 aromatic carbocycles. The van der Waals surface area contributed by atoms with Gasteiger partial charge in [0.05, 0.1) is 0 Å². The predicted molar refractivity (Wildman–Crippen MR) is 70.1 cm³/mol. The quantitative estimate of drug-likeness (QED) is 0.820. The normalized spacial score (nSPS) is 25.4. The highest BCUT2D eigenvalue weighted by molar-refractivity contribution is 5.48. The highest BCUT2D eigenvalue weighted by Crippen LogP contribution is 2.22. The van der Waals surface area contributed by atoms with Crippen molar-refractivity contribution in [1.29, 1.82) is 0 Å². The first-order chi connectivity index (χ1) is 7.66. The van der Waals surface area contributed by atoms with E-state index in [9.17, 15) is 0 Å². The van der Waals surface area contributed by atoms with Gasteiger partial charge >= 0.3 is 0 Å². The molecular weight excluding hydrogens is 196 g/mol. The summed E-state index contributed by atoms with van der Waals surface area (Å²) in [5, 5.41) is 3.50. The van der Waals surface area contributed by atoms with Crippen molar-refractivity contribution in [3.63, 3.8) is 0 Å². The first kappa shape index (κ1) is 11.5. The fraction of sp³-hybridized carbons (Fsp3) is 0.571. The van der Waals surface area contributed by atoms with Crippen LogP contribution in [0.3, 0.4) is 0 Å². The molecule has 0 aromatic heterocycles. The van der Waals surface area contributed by atoms with E-state index in [2.05, 4.69) is 55.4 Å². The van der Waals surface area contributed by atoms with Crippen LogP contribution in [0.5, 0.6) is 0 Å². The third kappa shape index (κ3) is 2.56. The Kier molecular flexibility index (Phi) is 3.49. The van der Waals surface area contributed by atoms with Crippen molar-refractivity contribution in [3.8, 4) is 0 Å². The van der Waals surface area contributed by atoms with Crippen LogP contribution in [0.15, 0.2) is 24.3 Å². The second kappa shape index (κ2) is 4.88. The van der Waals surface area contributed by atoms with Crippen LogP contribution in [0.1, 0.15) is 25.3 Å². The number of aryl methyl sites for hydroxylation is 1. The molecule has 1 aliphatic heterocycles. The largest absolute Gasteiger partial charge is 0.371 e. The van der Waals surface area contributed by atoms with Crippen molar-refractivity contribution < 1.29 is 0 Å². The molecule has 0 aliphatic carbocycles. The number of rotatable bonds is 2. The van der Waals surface area contributed by atoms with Crippen LogP contribution in [-0.4, -0.2) is 25.7 Å². The number of piperidine rings is 1. The third-order valence-corrected chi connectivity index (χ3v) is 3.55. The van der Waals surface area contributed by atoms with E-state index in [4.69, 9.17) is 0 Å². The van der Waals surface area contributed by atoms with E-state index in [-0.39, 0.29) is 0 Å². The summed E-state index contributed by atoms with van der Waals surface area (Å²) >= 11 is 0. The zero-order valence-corrected chi connectivity index (χ0v) is 10.5. The topological polar surface area (TPSA) is 15.3 Å². The monoisotopic (exact) mass is 218 g/mol. The molecule has 1 aliphatic rings. The maximum absolute atomic E-state index is 3.50. The summed E-state index contributed by atoms with van der Waals surface area (Å²) in [6, 6.07) is 10.1. The smallest absolute Gasteiger partial charge is 0.0368 e. The summed E-state index contributed by atoms with van der Waals surface area (Å²) in [6.07, 6.45) is 2.49. The van der Waals surface area contributed by atoms with Gasteiger partial charge in [-0.05, 0) is 50.9 Å². The summed E-state index contributed by atoms with van der Waals surface area (Å²) < 4.78 is 0. The number of hydrogen-bond acceptors (Lipinski definition) is 2.